The Hall–Kier alpha value is -2.88. The highest BCUT2D eigenvalue weighted by Crippen LogP contribution is 2.36. The summed E-state index contributed by atoms with van der Waals surface area (Å²) in [5.41, 5.74) is 2.77. The zero-order valence-corrected chi connectivity index (χ0v) is 21.4. The number of carbonyl (C=O) groups excluding carboxylic acids is 3. The number of rotatable bonds is 7. The van der Waals surface area contributed by atoms with Crippen LogP contribution in [0.5, 0.6) is 11.5 Å². The number of hydrogen-bond acceptors (Lipinski definition) is 5. The first-order valence-electron chi connectivity index (χ1n) is 11.4. The van der Waals surface area contributed by atoms with E-state index in [0.29, 0.717) is 30.3 Å². The van der Waals surface area contributed by atoms with Crippen LogP contribution in [0.25, 0.3) is 6.08 Å². The van der Waals surface area contributed by atoms with Gasteiger partial charge in [0.25, 0.3) is 11.8 Å². The van der Waals surface area contributed by atoms with Crippen molar-refractivity contribution in [3.05, 3.63) is 62.2 Å². The van der Waals surface area contributed by atoms with Gasteiger partial charge < -0.3 is 9.47 Å². The van der Waals surface area contributed by atoms with Gasteiger partial charge in [-0.25, -0.2) is 4.79 Å². The van der Waals surface area contributed by atoms with Crippen molar-refractivity contribution in [1.29, 1.82) is 0 Å². The molecule has 1 aliphatic heterocycles. The third-order valence-corrected chi connectivity index (χ3v) is 6.73. The van der Waals surface area contributed by atoms with E-state index in [4.69, 9.17) is 9.47 Å². The minimum absolute atomic E-state index is 0.0572. The molecule has 2 fully saturated rings. The van der Waals surface area contributed by atoms with E-state index in [2.05, 4.69) is 34.0 Å². The summed E-state index contributed by atoms with van der Waals surface area (Å²) in [6.07, 6.45) is 4.98. The highest BCUT2D eigenvalue weighted by molar-refractivity contribution is 14.1. The van der Waals surface area contributed by atoms with Gasteiger partial charge in [-0.15, -0.1) is 0 Å². The Labute approximate surface area is 212 Å². The van der Waals surface area contributed by atoms with Crippen LogP contribution in [0.4, 0.5) is 4.79 Å². The van der Waals surface area contributed by atoms with Crippen LogP contribution < -0.4 is 14.8 Å². The van der Waals surface area contributed by atoms with Crippen molar-refractivity contribution in [3.8, 4) is 11.5 Å². The molecule has 1 N–H and O–H groups in total. The first-order chi connectivity index (χ1) is 16.4. The fourth-order valence-corrected chi connectivity index (χ4v) is 5.14. The molecule has 0 radical (unpaired) electrons. The normalized spacial score (nSPS) is 17.9. The molecule has 4 amide bonds. The Morgan fingerprint density at radius 2 is 1.88 bits per heavy atom. The Kier molecular flexibility index (Phi) is 7.55. The maximum atomic E-state index is 13.1. The van der Waals surface area contributed by atoms with Crippen LogP contribution in [0.1, 0.15) is 49.3 Å². The molecule has 2 aromatic rings. The number of benzene rings is 2. The summed E-state index contributed by atoms with van der Waals surface area (Å²) in [4.78, 5) is 39.2. The largest absolute Gasteiger partial charge is 0.490 e. The topological polar surface area (TPSA) is 84.9 Å². The van der Waals surface area contributed by atoms with Gasteiger partial charge in [0, 0.05) is 6.04 Å². The summed E-state index contributed by atoms with van der Waals surface area (Å²) in [6.45, 7) is 4.73. The molecule has 1 aliphatic carbocycles. The molecule has 4 rings (SSSR count). The molecule has 0 bridgehead atoms. The van der Waals surface area contributed by atoms with Crippen LogP contribution in [0.3, 0.4) is 0 Å². The van der Waals surface area contributed by atoms with Gasteiger partial charge in [-0.2, -0.15) is 0 Å². The highest BCUT2D eigenvalue weighted by atomic mass is 127. The van der Waals surface area contributed by atoms with Gasteiger partial charge >= 0.3 is 6.03 Å². The smallest absolute Gasteiger partial charge is 0.331 e. The van der Waals surface area contributed by atoms with E-state index in [0.717, 1.165) is 40.4 Å². The highest BCUT2D eigenvalue weighted by Gasteiger charge is 2.40. The Bertz CT molecular complexity index is 1150. The number of ether oxygens (including phenoxy) is 2. The van der Waals surface area contributed by atoms with Crippen LogP contribution in [-0.2, 0) is 16.2 Å². The van der Waals surface area contributed by atoms with Crippen molar-refractivity contribution in [2.75, 3.05) is 6.61 Å². The molecule has 7 nitrogen and oxygen atoms in total. The van der Waals surface area contributed by atoms with Crippen LogP contribution in [0, 0.1) is 10.5 Å². The molecular formula is C26H27IN2O5. The molecule has 2 aromatic carbocycles. The molecule has 34 heavy (non-hydrogen) atoms. The molecule has 0 aromatic heterocycles. The molecule has 1 saturated heterocycles. The SMILES string of the molecule is CCOc1cc(/C=C2\C(=O)NC(=O)N(C3CCCC3)C2=O)cc(I)c1OCc1cccc(C)c1. The molecule has 178 valence electrons. The minimum atomic E-state index is -0.683. The fourth-order valence-electron chi connectivity index (χ4n) is 4.36. The number of nitrogens with zero attached hydrogens (tertiary/aromatic N) is 1. The molecule has 8 heteroatoms. The zero-order valence-electron chi connectivity index (χ0n) is 19.2. The van der Waals surface area contributed by atoms with Gasteiger partial charge in [0.15, 0.2) is 11.5 Å². The summed E-state index contributed by atoms with van der Waals surface area (Å²) >= 11 is 2.16. The predicted octanol–water partition coefficient (Wildman–Crippen LogP) is 4.98. The average Bonchev–Trinajstić information content (AvgIpc) is 3.30. The number of nitrogens with one attached hydrogen (secondary N) is 1. The van der Waals surface area contributed by atoms with E-state index in [9.17, 15) is 14.4 Å². The van der Waals surface area contributed by atoms with Gasteiger partial charge in [0.2, 0.25) is 0 Å². The van der Waals surface area contributed by atoms with Crippen LogP contribution in [-0.4, -0.2) is 35.4 Å². The number of imide groups is 2. The number of hydrogen-bond donors (Lipinski definition) is 1. The van der Waals surface area contributed by atoms with Crippen molar-refractivity contribution in [2.24, 2.45) is 0 Å². The van der Waals surface area contributed by atoms with E-state index in [1.807, 2.05) is 38.1 Å². The molecule has 0 atom stereocenters. The quantitative estimate of drug-likeness (QED) is 0.287. The van der Waals surface area contributed by atoms with Crippen molar-refractivity contribution >= 4 is 46.5 Å². The second-order valence-electron chi connectivity index (χ2n) is 8.47. The number of barbiturate groups is 1. The maximum absolute atomic E-state index is 13.1. The van der Waals surface area contributed by atoms with Gasteiger partial charge in [-0.3, -0.25) is 19.8 Å². The van der Waals surface area contributed by atoms with E-state index in [-0.39, 0.29) is 11.6 Å². The average molecular weight is 574 g/mol. The lowest BCUT2D eigenvalue weighted by Gasteiger charge is -2.31. The summed E-state index contributed by atoms with van der Waals surface area (Å²) < 4.78 is 12.7. The number of amides is 4. The third-order valence-electron chi connectivity index (χ3n) is 5.93. The van der Waals surface area contributed by atoms with Gasteiger partial charge in [-0.1, -0.05) is 42.7 Å². The van der Waals surface area contributed by atoms with E-state index < -0.39 is 17.8 Å². The summed E-state index contributed by atoms with van der Waals surface area (Å²) in [5, 5.41) is 2.32. The van der Waals surface area contributed by atoms with Crippen molar-refractivity contribution in [2.45, 2.75) is 52.2 Å². The lowest BCUT2D eigenvalue weighted by atomic mass is 10.0. The first kappa shape index (κ1) is 24.3. The number of urea groups is 1. The lowest BCUT2D eigenvalue weighted by Crippen LogP contribution is -2.57. The molecule has 0 unspecified atom stereocenters. The van der Waals surface area contributed by atoms with Gasteiger partial charge in [-0.05, 0) is 78.6 Å². The lowest BCUT2D eigenvalue weighted by molar-refractivity contribution is -0.131. The van der Waals surface area contributed by atoms with E-state index >= 15 is 0 Å². The third kappa shape index (κ3) is 5.27. The summed E-state index contributed by atoms with van der Waals surface area (Å²) in [7, 11) is 0. The van der Waals surface area contributed by atoms with Crippen molar-refractivity contribution in [3.63, 3.8) is 0 Å². The molecule has 0 spiro atoms. The first-order valence-corrected chi connectivity index (χ1v) is 12.5. The molecule has 1 heterocycles. The maximum Gasteiger partial charge on any atom is 0.331 e. The Morgan fingerprint density at radius 3 is 2.59 bits per heavy atom. The Balaban J connectivity index is 1.62. The van der Waals surface area contributed by atoms with Crippen molar-refractivity contribution in [1.82, 2.24) is 10.2 Å². The fraction of sp³-hybridized carbons (Fsp3) is 0.346. The van der Waals surface area contributed by atoms with Crippen LogP contribution in [0.2, 0.25) is 0 Å². The van der Waals surface area contributed by atoms with Gasteiger partial charge in [0.1, 0.15) is 12.2 Å². The predicted molar refractivity (Wildman–Crippen MR) is 136 cm³/mol. The number of halogens is 1. The monoisotopic (exact) mass is 574 g/mol. The van der Waals surface area contributed by atoms with E-state index in [1.54, 1.807) is 6.07 Å². The molecular weight excluding hydrogens is 547 g/mol. The standard InChI is InChI=1S/C26H27IN2O5/c1-3-33-22-14-18(13-21(27)23(22)34-15-17-8-6-7-16(2)11-17)12-20-24(30)28-26(32)29(25(20)31)19-9-4-5-10-19/h6-8,11-14,19H,3-5,9-10,15H2,1-2H3,(H,28,30,32)/b20-12+. The summed E-state index contributed by atoms with van der Waals surface area (Å²) in [6, 6.07) is 10.9. The molecule has 2 aliphatic rings. The Morgan fingerprint density at radius 1 is 1.12 bits per heavy atom. The van der Waals surface area contributed by atoms with Crippen LogP contribution >= 0.6 is 22.6 Å². The second kappa shape index (κ2) is 10.6. The van der Waals surface area contributed by atoms with Gasteiger partial charge in [0.05, 0.1) is 10.2 Å². The zero-order chi connectivity index (χ0) is 24.2. The number of carbonyl (C=O) groups is 3. The second-order valence-corrected chi connectivity index (χ2v) is 9.63. The van der Waals surface area contributed by atoms with E-state index in [1.165, 1.54) is 11.0 Å². The van der Waals surface area contributed by atoms with Crippen LogP contribution in [0.15, 0.2) is 42.0 Å². The summed E-state index contributed by atoms with van der Waals surface area (Å²) in [5.74, 6) is -0.0973. The number of aryl methyl sites for hydroxylation is 1. The minimum Gasteiger partial charge on any atom is -0.490 e. The van der Waals surface area contributed by atoms with Crippen molar-refractivity contribution < 1.29 is 23.9 Å². The molecule has 1 saturated carbocycles.